The maximum Gasteiger partial charge on any atom is 0.413 e. The van der Waals surface area contributed by atoms with E-state index in [2.05, 4.69) is 40.4 Å². The fraction of sp³-hybridized carbons (Fsp3) is 0.833. The van der Waals surface area contributed by atoms with Gasteiger partial charge in [-0.1, -0.05) is 27.4 Å². The number of ether oxygens (including phenoxy) is 1. The molecular weight excluding hydrogens is 306 g/mol. The molecule has 2 aliphatic heterocycles. The van der Waals surface area contributed by atoms with Gasteiger partial charge in [0.1, 0.15) is 5.60 Å². The fourth-order valence-electron chi connectivity index (χ4n) is 3.25. The van der Waals surface area contributed by atoms with Crippen molar-refractivity contribution in [1.82, 2.24) is 4.90 Å². The highest BCUT2D eigenvalue weighted by Crippen LogP contribution is 2.53. The summed E-state index contributed by atoms with van der Waals surface area (Å²) < 4.78 is 12.4. The fourth-order valence-corrected chi connectivity index (χ4v) is 4.74. The Labute approximate surface area is 142 Å². The van der Waals surface area contributed by atoms with Crippen molar-refractivity contribution in [3.05, 3.63) is 12.2 Å². The van der Waals surface area contributed by atoms with Gasteiger partial charge in [-0.2, -0.15) is 0 Å². The summed E-state index contributed by atoms with van der Waals surface area (Å²) in [5, 5.41) is 0.0856. The number of nitrogens with zero attached hydrogens (tertiary/aromatic N) is 1. The second-order valence-corrected chi connectivity index (χ2v) is 14.2. The zero-order valence-electron chi connectivity index (χ0n) is 16.1. The molecule has 2 aliphatic rings. The van der Waals surface area contributed by atoms with Crippen molar-refractivity contribution in [2.45, 2.75) is 96.3 Å². The summed E-state index contributed by atoms with van der Waals surface area (Å²) in [5.74, 6) is 0. The van der Waals surface area contributed by atoms with E-state index in [1.165, 1.54) is 0 Å². The molecule has 2 atom stereocenters. The van der Waals surface area contributed by atoms with E-state index in [4.69, 9.17) is 9.16 Å². The summed E-state index contributed by atoms with van der Waals surface area (Å²) in [6.45, 7) is 21.1. The first kappa shape index (κ1) is 18.5. The van der Waals surface area contributed by atoms with Crippen LogP contribution in [0.1, 0.15) is 60.8 Å². The molecule has 2 rings (SSSR count). The SMILES string of the molecule is C=C1CC2CCC1(O[Si](C)(C)C(C)(C)C)N2C(=O)OC(C)(C)C. The number of amides is 1. The van der Waals surface area contributed by atoms with E-state index in [1.807, 2.05) is 25.7 Å². The minimum absolute atomic E-state index is 0.0856. The number of hydrogen-bond donors (Lipinski definition) is 0. The van der Waals surface area contributed by atoms with Crippen LogP contribution in [0.4, 0.5) is 4.79 Å². The van der Waals surface area contributed by atoms with Crippen LogP contribution in [0.5, 0.6) is 0 Å². The van der Waals surface area contributed by atoms with E-state index in [-0.39, 0.29) is 17.2 Å². The van der Waals surface area contributed by atoms with E-state index >= 15 is 0 Å². The minimum atomic E-state index is -2.03. The van der Waals surface area contributed by atoms with E-state index in [0.29, 0.717) is 0 Å². The molecule has 2 bridgehead atoms. The van der Waals surface area contributed by atoms with Gasteiger partial charge >= 0.3 is 6.09 Å². The molecule has 4 nitrogen and oxygen atoms in total. The monoisotopic (exact) mass is 339 g/mol. The van der Waals surface area contributed by atoms with Crippen LogP contribution in [0.2, 0.25) is 18.1 Å². The van der Waals surface area contributed by atoms with Gasteiger partial charge in [-0.05, 0) is 57.3 Å². The molecule has 0 aliphatic carbocycles. The van der Waals surface area contributed by atoms with Crippen molar-refractivity contribution >= 4 is 14.4 Å². The van der Waals surface area contributed by atoms with Crippen molar-refractivity contribution in [2.24, 2.45) is 0 Å². The van der Waals surface area contributed by atoms with Crippen LogP contribution in [0.25, 0.3) is 0 Å². The lowest BCUT2D eigenvalue weighted by Gasteiger charge is -2.46. The molecule has 2 fully saturated rings. The van der Waals surface area contributed by atoms with Crippen molar-refractivity contribution in [3.63, 3.8) is 0 Å². The van der Waals surface area contributed by atoms with Gasteiger partial charge in [-0.15, -0.1) is 0 Å². The summed E-state index contributed by atoms with van der Waals surface area (Å²) in [5.41, 5.74) is -0.126. The number of carbonyl (C=O) groups excluding carboxylic acids is 1. The molecule has 0 aromatic carbocycles. The summed E-state index contributed by atoms with van der Waals surface area (Å²) in [7, 11) is -2.03. The Balaban J connectivity index is 2.33. The molecule has 0 spiro atoms. The minimum Gasteiger partial charge on any atom is -0.444 e. The third kappa shape index (κ3) is 3.22. The molecule has 5 heteroatoms. The maximum atomic E-state index is 12.8. The summed E-state index contributed by atoms with van der Waals surface area (Å²) >= 11 is 0. The molecule has 132 valence electrons. The average molecular weight is 340 g/mol. The second kappa shape index (κ2) is 5.35. The lowest BCUT2D eigenvalue weighted by Crippen LogP contribution is -2.56. The molecule has 0 N–H and O–H groups in total. The number of fused-ring (bicyclic) bond motifs is 2. The van der Waals surface area contributed by atoms with E-state index in [9.17, 15) is 4.79 Å². The van der Waals surface area contributed by atoms with Gasteiger partial charge in [0.05, 0.1) is 0 Å². The molecular formula is C18H33NO3Si. The van der Waals surface area contributed by atoms with Gasteiger partial charge in [0.15, 0.2) is 14.0 Å². The Hall–Kier alpha value is -0.813. The molecule has 2 unspecified atom stereocenters. The van der Waals surface area contributed by atoms with Gasteiger partial charge in [0.2, 0.25) is 0 Å². The highest BCUT2D eigenvalue weighted by Gasteiger charge is 2.61. The van der Waals surface area contributed by atoms with Crippen LogP contribution in [-0.4, -0.2) is 36.7 Å². The van der Waals surface area contributed by atoms with E-state index < -0.39 is 19.6 Å². The third-order valence-electron chi connectivity index (χ3n) is 5.43. The van der Waals surface area contributed by atoms with Gasteiger partial charge in [-0.25, -0.2) is 4.79 Å². The molecule has 23 heavy (non-hydrogen) atoms. The Morgan fingerprint density at radius 3 is 2.26 bits per heavy atom. The number of rotatable bonds is 2. The topological polar surface area (TPSA) is 38.8 Å². The van der Waals surface area contributed by atoms with Crippen molar-refractivity contribution in [2.75, 3.05) is 0 Å². The molecule has 0 aromatic heterocycles. The predicted octanol–water partition coefficient (Wildman–Crippen LogP) is 5.06. The Kier molecular flexibility index (Phi) is 4.31. The zero-order chi connectivity index (χ0) is 17.8. The highest BCUT2D eigenvalue weighted by atomic mass is 28.4. The Morgan fingerprint density at radius 2 is 1.83 bits per heavy atom. The van der Waals surface area contributed by atoms with Crippen molar-refractivity contribution in [1.29, 1.82) is 0 Å². The highest BCUT2D eigenvalue weighted by molar-refractivity contribution is 6.74. The molecule has 2 heterocycles. The van der Waals surface area contributed by atoms with Crippen molar-refractivity contribution in [3.8, 4) is 0 Å². The van der Waals surface area contributed by atoms with Crippen LogP contribution in [0.15, 0.2) is 12.2 Å². The van der Waals surface area contributed by atoms with Crippen molar-refractivity contribution < 1.29 is 14.0 Å². The molecule has 1 amide bonds. The van der Waals surface area contributed by atoms with Gasteiger partial charge in [-0.3, -0.25) is 4.90 Å². The van der Waals surface area contributed by atoms with Gasteiger partial charge in [0.25, 0.3) is 0 Å². The summed E-state index contributed by atoms with van der Waals surface area (Å²) in [6, 6.07) is 0.169. The first-order chi connectivity index (χ1) is 10.2. The Morgan fingerprint density at radius 1 is 1.26 bits per heavy atom. The van der Waals surface area contributed by atoms with Crippen LogP contribution >= 0.6 is 0 Å². The summed E-state index contributed by atoms with van der Waals surface area (Å²) in [6.07, 6.45) is 2.36. The molecule has 0 aromatic rings. The summed E-state index contributed by atoms with van der Waals surface area (Å²) in [4.78, 5) is 14.7. The first-order valence-corrected chi connectivity index (χ1v) is 11.5. The quantitative estimate of drug-likeness (QED) is 0.521. The molecule has 0 saturated carbocycles. The maximum absolute atomic E-state index is 12.8. The molecule has 2 saturated heterocycles. The van der Waals surface area contributed by atoms with Crippen LogP contribution in [-0.2, 0) is 9.16 Å². The normalized spacial score (nSPS) is 28.4. The smallest absolute Gasteiger partial charge is 0.413 e. The second-order valence-electron chi connectivity index (χ2n) is 9.50. The molecule has 0 radical (unpaired) electrons. The third-order valence-corrected chi connectivity index (χ3v) is 9.89. The number of carbonyl (C=O) groups is 1. The standard InChI is InChI=1S/C18H33NO3Si/c1-13-12-14-10-11-18(13,22-23(8,9)17(5,6)7)19(14)15(20)21-16(2,3)4/h14H,1,10-12H2,2-9H3. The average Bonchev–Trinajstić information content (AvgIpc) is 2.75. The van der Waals surface area contributed by atoms with E-state index in [1.54, 1.807) is 0 Å². The van der Waals surface area contributed by atoms with Crippen LogP contribution in [0, 0.1) is 0 Å². The lowest BCUT2D eigenvalue weighted by molar-refractivity contribution is -0.0453. The first-order valence-electron chi connectivity index (χ1n) is 8.60. The predicted molar refractivity (Wildman–Crippen MR) is 95.9 cm³/mol. The van der Waals surface area contributed by atoms with Crippen LogP contribution < -0.4 is 0 Å². The van der Waals surface area contributed by atoms with Gasteiger partial charge < -0.3 is 9.16 Å². The van der Waals surface area contributed by atoms with E-state index in [0.717, 1.165) is 24.8 Å². The Bertz CT molecular complexity index is 515. The van der Waals surface area contributed by atoms with Gasteiger partial charge in [0, 0.05) is 12.5 Å². The van der Waals surface area contributed by atoms with Crippen LogP contribution in [0.3, 0.4) is 0 Å². The number of hydrogen-bond acceptors (Lipinski definition) is 3. The zero-order valence-corrected chi connectivity index (χ0v) is 17.1. The largest absolute Gasteiger partial charge is 0.444 e. The lowest BCUT2D eigenvalue weighted by atomic mass is 9.93.